The van der Waals surface area contributed by atoms with Crippen molar-refractivity contribution in [1.82, 2.24) is 5.32 Å². The average Bonchev–Trinajstić information content (AvgIpc) is 2.39. The molecule has 1 aromatic carbocycles. The van der Waals surface area contributed by atoms with E-state index in [0.29, 0.717) is 29.8 Å². The molecule has 1 aliphatic rings. The normalized spacial score (nSPS) is 27.3. The van der Waals surface area contributed by atoms with Crippen molar-refractivity contribution >= 4 is 0 Å². The highest BCUT2D eigenvalue weighted by Crippen LogP contribution is 2.29. The standard InChI is InChI=1S/C16H24FNO/c1-11-7-8-14(12(2)9-11)18-10-13-5-4-6-15(19-3)16(13)17/h4-6,11-12,14,18H,7-10H2,1-3H3. The third kappa shape index (κ3) is 3.47. The number of ether oxygens (including phenoxy) is 1. The number of nitrogens with one attached hydrogen (secondary N) is 1. The van der Waals surface area contributed by atoms with Crippen LogP contribution in [-0.2, 0) is 6.54 Å². The summed E-state index contributed by atoms with van der Waals surface area (Å²) >= 11 is 0. The topological polar surface area (TPSA) is 21.3 Å². The summed E-state index contributed by atoms with van der Waals surface area (Å²) in [5.41, 5.74) is 0.685. The van der Waals surface area contributed by atoms with E-state index in [1.54, 1.807) is 6.07 Å². The average molecular weight is 265 g/mol. The van der Waals surface area contributed by atoms with Gasteiger partial charge in [-0.1, -0.05) is 26.0 Å². The fourth-order valence-corrected chi connectivity index (χ4v) is 3.06. The van der Waals surface area contributed by atoms with Gasteiger partial charge in [0.15, 0.2) is 11.6 Å². The van der Waals surface area contributed by atoms with E-state index in [2.05, 4.69) is 19.2 Å². The molecule has 3 atom stereocenters. The molecule has 3 heteroatoms. The van der Waals surface area contributed by atoms with E-state index in [9.17, 15) is 4.39 Å². The number of methoxy groups -OCH3 is 1. The Bertz CT molecular complexity index is 421. The van der Waals surface area contributed by atoms with Crippen LogP contribution in [0, 0.1) is 17.7 Å². The fraction of sp³-hybridized carbons (Fsp3) is 0.625. The highest BCUT2D eigenvalue weighted by molar-refractivity contribution is 5.30. The van der Waals surface area contributed by atoms with Crippen LogP contribution in [0.25, 0.3) is 0 Å². The van der Waals surface area contributed by atoms with Gasteiger partial charge in [0, 0.05) is 18.2 Å². The molecule has 2 nitrogen and oxygen atoms in total. The van der Waals surface area contributed by atoms with Crippen LogP contribution in [0.2, 0.25) is 0 Å². The Morgan fingerprint density at radius 1 is 1.32 bits per heavy atom. The van der Waals surface area contributed by atoms with Gasteiger partial charge in [0.2, 0.25) is 0 Å². The maximum atomic E-state index is 14.0. The lowest BCUT2D eigenvalue weighted by atomic mass is 9.80. The first-order chi connectivity index (χ1) is 9.11. The second kappa shape index (κ2) is 6.38. The molecule has 3 unspecified atom stereocenters. The third-order valence-electron chi connectivity index (χ3n) is 4.25. The number of halogens is 1. The first-order valence-electron chi connectivity index (χ1n) is 7.16. The predicted octanol–water partition coefficient (Wildman–Crippen LogP) is 3.75. The maximum absolute atomic E-state index is 14.0. The van der Waals surface area contributed by atoms with Crippen molar-refractivity contribution < 1.29 is 9.13 Å². The molecule has 1 saturated carbocycles. The lowest BCUT2D eigenvalue weighted by Crippen LogP contribution is -2.38. The highest BCUT2D eigenvalue weighted by atomic mass is 19.1. The molecule has 0 aromatic heterocycles. The summed E-state index contributed by atoms with van der Waals surface area (Å²) in [5, 5.41) is 3.50. The van der Waals surface area contributed by atoms with Crippen LogP contribution in [0.5, 0.6) is 5.75 Å². The first-order valence-corrected chi connectivity index (χ1v) is 7.16. The van der Waals surface area contributed by atoms with Gasteiger partial charge in [0.05, 0.1) is 7.11 Å². The molecular weight excluding hydrogens is 241 g/mol. The summed E-state index contributed by atoms with van der Waals surface area (Å²) in [5.74, 6) is 1.57. The zero-order valence-corrected chi connectivity index (χ0v) is 12.1. The lowest BCUT2D eigenvalue weighted by Gasteiger charge is -2.33. The van der Waals surface area contributed by atoms with E-state index in [1.807, 2.05) is 12.1 Å². The van der Waals surface area contributed by atoms with Crippen LogP contribution in [-0.4, -0.2) is 13.2 Å². The molecule has 0 heterocycles. The van der Waals surface area contributed by atoms with Crippen molar-refractivity contribution in [3.8, 4) is 5.75 Å². The van der Waals surface area contributed by atoms with E-state index < -0.39 is 0 Å². The monoisotopic (exact) mass is 265 g/mol. The Morgan fingerprint density at radius 2 is 2.11 bits per heavy atom. The van der Waals surface area contributed by atoms with Gasteiger partial charge in [-0.05, 0) is 37.2 Å². The number of hydrogen-bond acceptors (Lipinski definition) is 2. The van der Waals surface area contributed by atoms with Gasteiger partial charge in [-0.2, -0.15) is 0 Å². The maximum Gasteiger partial charge on any atom is 0.169 e. The Hall–Kier alpha value is -1.09. The summed E-state index contributed by atoms with van der Waals surface area (Å²) in [6.45, 7) is 5.18. The molecule has 2 rings (SSSR count). The molecule has 1 fully saturated rings. The summed E-state index contributed by atoms with van der Waals surface area (Å²) in [6, 6.07) is 5.82. The van der Waals surface area contributed by atoms with Crippen molar-refractivity contribution in [3.05, 3.63) is 29.6 Å². The Balaban J connectivity index is 1.95. The van der Waals surface area contributed by atoms with E-state index in [0.717, 1.165) is 5.92 Å². The SMILES string of the molecule is COc1cccc(CNC2CCC(C)CC2C)c1F. The second-order valence-corrected chi connectivity index (χ2v) is 5.82. The quantitative estimate of drug-likeness (QED) is 0.895. The molecule has 0 saturated heterocycles. The minimum Gasteiger partial charge on any atom is -0.494 e. The van der Waals surface area contributed by atoms with Crippen LogP contribution < -0.4 is 10.1 Å². The third-order valence-corrected chi connectivity index (χ3v) is 4.25. The summed E-state index contributed by atoms with van der Waals surface area (Å²) in [6.07, 6.45) is 3.72. The van der Waals surface area contributed by atoms with E-state index >= 15 is 0 Å². The molecule has 0 radical (unpaired) electrons. The fourth-order valence-electron chi connectivity index (χ4n) is 3.06. The summed E-state index contributed by atoms with van der Waals surface area (Å²) < 4.78 is 19.0. The van der Waals surface area contributed by atoms with E-state index in [-0.39, 0.29) is 5.82 Å². The minimum atomic E-state index is -0.241. The molecule has 0 spiro atoms. The molecule has 1 aromatic rings. The molecule has 19 heavy (non-hydrogen) atoms. The van der Waals surface area contributed by atoms with Gasteiger partial charge in [-0.25, -0.2) is 4.39 Å². The lowest BCUT2D eigenvalue weighted by molar-refractivity contribution is 0.226. The Morgan fingerprint density at radius 3 is 2.79 bits per heavy atom. The first kappa shape index (κ1) is 14.3. The van der Waals surface area contributed by atoms with Gasteiger partial charge in [0.25, 0.3) is 0 Å². The van der Waals surface area contributed by atoms with Gasteiger partial charge in [-0.3, -0.25) is 0 Å². The molecule has 0 bridgehead atoms. The molecule has 1 N–H and O–H groups in total. The van der Waals surface area contributed by atoms with E-state index in [4.69, 9.17) is 4.74 Å². The van der Waals surface area contributed by atoms with Crippen LogP contribution in [0.1, 0.15) is 38.7 Å². The van der Waals surface area contributed by atoms with Crippen molar-refractivity contribution in [1.29, 1.82) is 0 Å². The minimum absolute atomic E-state index is 0.241. The largest absolute Gasteiger partial charge is 0.494 e. The molecule has 0 aliphatic heterocycles. The number of benzene rings is 1. The van der Waals surface area contributed by atoms with Crippen LogP contribution in [0.4, 0.5) is 4.39 Å². The molecule has 106 valence electrons. The zero-order valence-electron chi connectivity index (χ0n) is 12.1. The van der Waals surface area contributed by atoms with Gasteiger partial charge in [-0.15, -0.1) is 0 Å². The number of rotatable bonds is 4. The molecule has 1 aliphatic carbocycles. The highest BCUT2D eigenvalue weighted by Gasteiger charge is 2.25. The smallest absolute Gasteiger partial charge is 0.169 e. The van der Waals surface area contributed by atoms with Gasteiger partial charge < -0.3 is 10.1 Å². The van der Waals surface area contributed by atoms with Crippen molar-refractivity contribution in [2.75, 3.05) is 7.11 Å². The van der Waals surface area contributed by atoms with Crippen LogP contribution in [0.3, 0.4) is 0 Å². The number of hydrogen-bond donors (Lipinski definition) is 1. The van der Waals surface area contributed by atoms with Crippen molar-refractivity contribution in [2.45, 2.75) is 45.7 Å². The summed E-state index contributed by atoms with van der Waals surface area (Å²) in [4.78, 5) is 0. The Labute approximate surface area is 115 Å². The molecule has 0 amide bonds. The second-order valence-electron chi connectivity index (χ2n) is 5.82. The van der Waals surface area contributed by atoms with Crippen molar-refractivity contribution in [3.63, 3.8) is 0 Å². The van der Waals surface area contributed by atoms with Crippen LogP contribution in [0.15, 0.2) is 18.2 Å². The Kier molecular flexibility index (Phi) is 4.81. The van der Waals surface area contributed by atoms with Gasteiger partial charge in [0.1, 0.15) is 0 Å². The van der Waals surface area contributed by atoms with Gasteiger partial charge >= 0.3 is 0 Å². The molecular formula is C16H24FNO. The zero-order chi connectivity index (χ0) is 13.8. The predicted molar refractivity (Wildman–Crippen MR) is 75.8 cm³/mol. The van der Waals surface area contributed by atoms with Crippen LogP contribution >= 0.6 is 0 Å². The van der Waals surface area contributed by atoms with Crippen molar-refractivity contribution in [2.24, 2.45) is 11.8 Å². The van der Waals surface area contributed by atoms with E-state index in [1.165, 1.54) is 26.4 Å². The summed E-state index contributed by atoms with van der Waals surface area (Å²) in [7, 11) is 1.50.